The lowest BCUT2D eigenvalue weighted by Crippen LogP contribution is -2.41. The fourth-order valence-corrected chi connectivity index (χ4v) is 4.11. The molecular formula is C26H29ClN2O. The molecule has 0 amide bonds. The minimum absolute atomic E-state index is 0.483. The molecule has 3 aromatic carbocycles. The van der Waals surface area contributed by atoms with Gasteiger partial charge in [-0.05, 0) is 55.3 Å². The summed E-state index contributed by atoms with van der Waals surface area (Å²) in [4.78, 5) is 2.55. The first kappa shape index (κ1) is 20.9. The summed E-state index contributed by atoms with van der Waals surface area (Å²) in [5.74, 6) is 0.881. The largest absolute Gasteiger partial charge is 0.489 e. The Labute approximate surface area is 184 Å². The van der Waals surface area contributed by atoms with E-state index in [4.69, 9.17) is 16.3 Å². The Morgan fingerprint density at radius 2 is 1.60 bits per heavy atom. The van der Waals surface area contributed by atoms with Gasteiger partial charge in [0.2, 0.25) is 0 Å². The van der Waals surface area contributed by atoms with Gasteiger partial charge < -0.3 is 10.1 Å². The van der Waals surface area contributed by atoms with Gasteiger partial charge in [-0.2, -0.15) is 0 Å². The molecule has 0 bridgehead atoms. The van der Waals surface area contributed by atoms with E-state index in [0.717, 1.165) is 42.5 Å². The quantitative estimate of drug-likeness (QED) is 0.507. The van der Waals surface area contributed by atoms with E-state index in [1.54, 1.807) is 0 Å². The van der Waals surface area contributed by atoms with Crippen LogP contribution >= 0.6 is 11.6 Å². The van der Waals surface area contributed by atoms with Crippen LogP contribution in [-0.2, 0) is 19.7 Å². The maximum atomic E-state index is 6.22. The molecule has 1 N–H and O–H groups in total. The molecule has 0 atom stereocenters. The average molecular weight is 421 g/mol. The Morgan fingerprint density at radius 1 is 0.867 bits per heavy atom. The third-order valence-electron chi connectivity index (χ3n) is 5.68. The van der Waals surface area contributed by atoms with E-state index in [1.165, 1.54) is 24.0 Å². The number of piperidine rings is 1. The van der Waals surface area contributed by atoms with Gasteiger partial charge in [-0.25, -0.2) is 0 Å². The van der Waals surface area contributed by atoms with Crippen LogP contribution in [0.15, 0.2) is 78.9 Å². The normalized spacial score (nSPS) is 15.2. The third kappa shape index (κ3) is 6.09. The maximum Gasteiger partial charge on any atom is 0.120 e. The van der Waals surface area contributed by atoms with Gasteiger partial charge in [-0.3, -0.25) is 4.90 Å². The van der Waals surface area contributed by atoms with E-state index in [-0.39, 0.29) is 0 Å². The maximum absolute atomic E-state index is 6.22. The fraction of sp³-hybridized carbons (Fsp3) is 0.308. The topological polar surface area (TPSA) is 24.5 Å². The van der Waals surface area contributed by atoms with Gasteiger partial charge in [-0.15, -0.1) is 0 Å². The third-order valence-corrected chi connectivity index (χ3v) is 6.05. The predicted octanol–water partition coefficient (Wildman–Crippen LogP) is 5.67. The van der Waals surface area contributed by atoms with Crippen molar-refractivity contribution in [1.29, 1.82) is 0 Å². The minimum atomic E-state index is 0.483. The summed E-state index contributed by atoms with van der Waals surface area (Å²) in [7, 11) is 0. The number of benzene rings is 3. The second-order valence-corrected chi connectivity index (χ2v) is 8.35. The molecule has 3 aromatic rings. The Hall–Kier alpha value is -2.33. The summed E-state index contributed by atoms with van der Waals surface area (Å²) in [6.45, 7) is 4.70. The summed E-state index contributed by atoms with van der Waals surface area (Å²) in [6.07, 6.45) is 2.38. The van der Waals surface area contributed by atoms with E-state index in [0.29, 0.717) is 12.6 Å². The predicted molar refractivity (Wildman–Crippen MR) is 124 cm³/mol. The number of rotatable bonds is 8. The molecule has 30 heavy (non-hydrogen) atoms. The first-order chi connectivity index (χ1) is 14.8. The first-order valence-electron chi connectivity index (χ1n) is 10.7. The van der Waals surface area contributed by atoms with Crippen LogP contribution in [0.4, 0.5) is 0 Å². The van der Waals surface area contributed by atoms with Crippen molar-refractivity contribution in [3.63, 3.8) is 0 Å². The number of hydrogen-bond acceptors (Lipinski definition) is 3. The highest BCUT2D eigenvalue weighted by molar-refractivity contribution is 6.31. The average Bonchev–Trinajstić information content (AvgIpc) is 2.79. The Bertz CT molecular complexity index is 923. The number of halogens is 1. The fourth-order valence-electron chi connectivity index (χ4n) is 3.92. The molecule has 0 aromatic heterocycles. The van der Waals surface area contributed by atoms with Crippen molar-refractivity contribution in [2.45, 2.75) is 38.6 Å². The SMILES string of the molecule is Clc1ccccc1COc1cccc(CNC2CCN(Cc3ccccc3)CC2)c1. The summed E-state index contributed by atoms with van der Waals surface area (Å²) in [6, 6.07) is 27.5. The highest BCUT2D eigenvalue weighted by Gasteiger charge is 2.18. The lowest BCUT2D eigenvalue weighted by atomic mass is 10.0. The Kier molecular flexibility index (Phi) is 7.41. The zero-order valence-electron chi connectivity index (χ0n) is 17.3. The zero-order chi connectivity index (χ0) is 20.6. The molecule has 3 nitrogen and oxygen atoms in total. The van der Waals surface area contributed by atoms with E-state index in [1.807, 2.05) is 30.3 Å². The van der Waals surface area contributed by atoms with Crippen LogP contribution in [0.5, 0.6) is 5.75 Å². The van der Waals surface area contributed by atoms with Crippen LogP contribution in [0.1, 0.15) is 29.5 Å². The van der Waals surface area contributed by atoms with Crippen LogP contribution < -0.4 is 10.1 Å². The first-order valence-corrected chi connectivity index (χ1v) is 11.1. The molecule has 1 saturated heterocycles. The molecule has 0 unspecified atom stereocenters. The second kappa shape index (κ2) is 10.6. The number of nitrogens with zero attached hydrogens (tertiary/aromatic N) is 1. The Morgan fingerprint density at radius 3 is 2.40 bits per heavy atom. The van der Waals surface area contributed by atoms with Crippen molar-refractivity contribution in [1.82, 2.24) is 10.2 Å². The summed E-state index contributed by atoms with van der Waals surface area (Å²) >= 11 is 6.22. The summed E-state index contributed by atoms with van der Waals surface area (Å²) in [5, 5.41) is 4.47. The molecule has 0 saturated carbocycles. The van der Waals surface area contributed by atoms with Crippen molar-refractivity contribution in [2.24, 2.45) is 0 Å². The van der Waals surface area contributed by atoms with Crippen LogP contribution in [0.3, 0.4) is 0 Å². The van der Waals surface area contributed by atoms with Gasteiger partial charge in [0.05, 0.1) is 0 Å². The number of nitrogens with one attached hydrogen (secondary N) is 1. The van der Waals surface area contributed by atoms with E-state index < -0.39 is 0 Å². The van der Waals surface area contributed by atoms with Crippen molar-refractivity contribution >= 4 is 11.6 Å². The van der Waals surface area contributed by atoms with E-state index in [9.17, 15) is 0 Å². The van der Waals surface area contributed by atoms with Gasteiger partial charge in [0.15, 0.2) is 0 Å². The van der Waals surface area contributed by atoms with E-state index >= 15 is 0 Å². The standard InChI is InChI=1S/C26H29ClN2O/c27-26-12-5-4-10-23(26)20-30-25-11-6-9-22(17-25)18-28-24-13-15-29(16-14-24)19-21-7-2-1-3-8-21/h1-12,17,24,28H,13-16,18-20H2. The van der Waals surface area contributed by atoms with Crippen LogP contribution in [-0.4, -0.2) is 24.0 Å². The van der Waals surface area contributed by atoms with Crippen molar-refractivity contribution in [3.8, 4) is 5.75 Å². The summed E-state index contributed by atoms with van der Waals surface area (Å²) < 4.78 is 5.96. The molecule has 4 heteroatoms. The van der Waals surface area contributed by atoms with Crippen molar-refractivity contribution in [2.75, 3.05) is 13.1 Å². The molecule has 1 aliphatic rings. The van der Waals surface area contributed by atoms with Gasteiger partial charge in [0.1, 0.15) is 12.4 Å². The number of ether oxygens (including phenoxy) is 1. The molecule has 1 heterocycles. The molecule has 1 aliphatic heterocycles. The zero-order valence-corrected chi connectivity index (χ0v) is 18.0. The van der Waals surface area contributed by atoms with Crippen LogP contribution in [0.2, 0.25) is 5.02 Å². The highest BCUT2D eigenvalue weighted by atomic mass is 35.5. The van der Waals surface area contributed by atoms with Crippen LogP contribution in [0.25, 0.3) is 0 Å². The van der Waals surface area contributed by atoms with Gasteiger partial charge in [0.25, 0.3) is 0 Å². The van der Waals surface area contributed by atoms with E-state index in [2.05, 4.69) is 58.7 Å². The highest BCUT2D eigenvalue weighted by Crippen LogP contribution is 2.20. The van der Waals surface area contributed by atoms with Crippen molar-refractivity contribution < 1.29 is 4.74 Å². The minimum Gasteiger partial charge on any atom is -0.489 e. The molecular weight excluding hydrogens is 392 g/mol. The Balaban J connectivity index is 1.22. The monoisotopic (exact) mass is 420 g/mol. The lowest BCUT2D eigenvalue weighted by Gasteiger charge is -2.32. The van der Waals surface area contributed by atoms with Crippen LogP contribution in [0, 0.1) is 0 Å². The molecule has 0 spiro atoms. The van der Waals surface area contributed by atoms with Gasteiger partial charge in [0, 0.05) is 29.7 Å². The number of hydrogen-bond donors (Lipinski definition) is 1. The smallest absolute Gasteiger partial charge is 0.120 e. The molecule has 156 valence electrons. The van der Waals surface area contributed by atoms with Gasteiger partial charge >= 0.3 is 0 Å². The van der Waals surface area contributed by atoms with Crippen molar-refractivity contribution in [3.05, 3.63) is 101 Å². The molecule has 0 aliphatic carbocycles. The molecule has 0 radical (unpaired) electrons. The molecule has 4 rings (SSSR count). The lowest BCUT2D eigenvalue weighted by molar-refractivity contribution is 0.190. The second-order valence-electron chi connectivity index (χ2n) is 7.94. The van der Waals surface area contributed by atoms with Gasteiger partial charge in [-0.1, -0.05) is 72.3 Å². The number of likely N-dealkylation sites (tertiary alicyclic amines) is 1. The molecule has 1 fully saturated rings. The summed E-state index contributed by atoms with van der Waals surface area (Å²) in [5.41, 5.74) is 3.65.